The molecule has 0 aromatic heterocycles. The second-order valence-corrected chi connectivity index (χ2v) is 1.35. The van der Waals surface area contributed by atoms with Crippen LogP contribution in [0.25, 0.3) is 0 Å². The molecule has 0 rings (SSSR count). The van der Waals surface area contributed by atoms with Crippen molar-refractivity contribution in [3.05, 3.63) is 24.0 Å². The van der Waals surface area contributed by atoms with Crippen LogP contribution in [0.4, 0.5) is 0 Å². The third kappa shape index (κ3) is 1.53. The number of aliphatic hydroxyl groups is 1. The number of allylic oxidation sites excluding steroid dienone is 3. The Hall–Kier alpha value is -1.16. The third-order valence-corrected chi connectivity index (χ3v) is 0.749. The van der Waals surface area contributed by atoms with Crippen molar-refractivity contribution in [1.29, 1.82) is 0 Å². The molecule has 0 radical (unpaired) electrons. The summed E-state index contributed by atoms with van der Waals surface area (Å²) < 4.78 is 0. The minimum absolute atomic E-state index is 0.141. The highest BCUT2D eigenvalue weighted by Gasteiger charge is 1.86. The monoisotopic (exact) mass is 108 g/mol. The van der Waals surface area contributed by atoms with Crippen molar-refractivity contribution in [3.8, 4) is 12.3 Å². The van der Waals surface area contributed by atoms with Gasteiger partial charge in [-0.2, -0.15) is 0 Å². The summed E-state index contributed by atoms with van der Waals surface area (Å²) in [6.07, 6.45) is 6.38. The Labute approximate surface area is 49.3 Å². The van der Waals surface area contributed by atoms with Crippen LogP contribution in [-0.2, 0) is 0 Å². The summed E-state index contributed by atoms with van der Waals surface area (Å²) in [6, 6.07) is 0. The van der Waals surface area contributed by atoms with E-state index in [2.05, 4.69) is 12.5 Å². The van der Waals surface area contributed by atoms with Crippen LogP contribution in [0.3, 0.4) is 0 Å². The van der Waals surface area contributed by atoms with Crippen molar-refractivity contribution in [2.75, 3.05) is 0 Å². The van der Waals surface area contributed by atoms with E-state index in [1.165, 1.54) is 13.0 Å². The van der Waals surface area contributed by atoms with E-state index in [4.69, 9.17) is 11.5 Å². The normalized spacial score (nSPS) is 11.5. The molecule has 0 aromatic carbocycles. The fourth-order valence-electron chi connectivity index (χ4n) is 0.311. The Kier molecular flexibility index (Phi) is 2.50. The zero-order chi connectivity index (χ0) is 6.57. The summed E-state index contributed by atoms with van der Waals surface area (Å²) in [4.78, 5) is 0. The van der Waals surface area contributed by atoms with Gasteiger partial charge in [-0.15, -0.1) is 6.42 Å². The van der Waals surface area contributed by atoms with Crippen molar-refractivity contribution < 1.29 is 5.11 Å². The van der Waals surface area contributed by atoms with Gasteiger partial charge >= 0.3 is 0 Å². The van der Waals surface area contributed by atoms with E-state index in [1.807, 2.05) is 0 Å². The molecule has 0 fully saturated rings. The lowest BCUT2D eigenvalue weighted by molar-refractivity contribution is 0.411. The first-order valence-electron chi connectivity index (χ1n) is 2.21. The molecule has 0 unspecified atom stereocenters. The van der Waals surface area contributed by atoms with Crippen molar-refractivity contribution in [1.82, 2.24) is 0 Å². The molecule has 0 aliphatic rings. The Morgan fingerprint density at radius 2 is 2.38 bits per heavy atom. The summed E-state index contributed by atoms with van der Waals surface area (Å²) >= 11 is 0. The van der Waals surface area contributed by atoms with Gasteiger partial charge in [-0.3, -0.25) is 0 Å². The average molecular weight is 108 g/mol. The van der Waals surface area contributed by atoms with Crippen molar-refractivity contribution >= 4 is 0 Å². The second-order valence-electron chi connectivity index (χ2n) is 1.35. The second kappa shape index (κ2) is 2.92. The number of hydrogen-bond donors (Lipinski definition) is 1. The van der Waals surface area contributed by atoms with Gasteiger partial charge in [0.2, 0.25) is 0 Å². The quantitative estimate of drug-likeness (QED) is 0.307. The molecule has 0 aliphatic heterocycles. The molecule has 0 bridgehead atoms. The van der Waals surface area contributed by atoms with Crippen LogP contribution in [-0.4, -0.2) is 5.11 Å². The Morgan fingerprint density at radius 1 is 1.88 bits per heavy atom. The van der Waals surface area contributed by atoms with Gasteiger partial charge in [-0.25, -0.2) is 0 Å². The molecule has 0 amide bonds. The van der Waals surface area contributed by atoms with Gasteiger partial charge in [0.05, 0.1) is 5.57 Å². The summed E-state index contributed by atoms with van der Waals surface area (Å²) in [6.45, 7) is 4.92. The number of terminal acetylenes is 1. The summed E-state index contributed by atoms with van der Waals surface area (Å²) in [7, 11) is 0. The maximum atomic E-state index is 8.68. The molecular weight excluding hydrogens is 100 g/mol. The largest absolute Gasteiger partial charge is 0.511 e. The average Bonchev–Trinajstić information content (AvgIpc) is 1.69. The highest BCUT2D eigenvalue weighted by Crippen LogP contribution is 1.97. The molecule has 1 nitrogen and oxygen atoms in total. The lowest BCUT2D eigenvalue weighted by atomic mass is 10.2. The van der Waals surface area contributed by atoms with E-state index in [0.29, 0.717) is 5.57 Å². The first-order valence-corrected chi connectivity index (χ1v) is 2.21. The molecule has 0 atom stereocenters. The maximum absolute atomic E-state index is 8.68. The molecule has 42 valence electrons. The summed E-state index contributed by atoms with van der Waals surface area (Å²) in [5.74, 6) is 2.40. The van der Waals surface area contributed by atoms with Gasteiger partial charge in [0, 0.05) is 0 Å². The van der Waals surface area contributed by atoms with E-state index >= 15 is 0 Å². The van der Waals surface area contributed by atoms with Crippen LogP contribution < -0.4 is 0 Å². The maximum Gasteiger partial charge on any atom is 0.105 e. The van der Waals surface area contributed by atoms with E-state index in [-0.39, 0.29) is 5.76 Å². The lowest BCUT2D eigenvalue weighted by Gasteiger charge is -1.88. The van der Waals surface area contributed by atoms with Gasteiger partial charge in [0.1, 0.15) is 5.76 Å². The minimum atomic E-state index is 0.141. The standard InChI is InChI=1S/C7H8O/c1-4-7(5-2)6(3)8/h1,5,8H,2H2,3H3. The van der Waals surface area contributed by atoms with Crippen LogP contribution in [0.5, 0.6) is 0 Å². The first-order chi connectivity index (χ1) is 3.72. The van der Waals surface area contributed by atoms with Crippen LogP contribution in [0, 0.1) is 12.3 Å². The van der Waals surface area contributed by atoms with E-state index in [9.17, 15) is 0 Å². The van der Waals surface area contributed by atoms with Gasteiger partial charge in [-0.05, 0) is 6.92 Å². The third-order valence-electron chi connectivity index (χ3n) is 0.749. The van der Waals surface area contributed by atoms with Crippen molar-refractivity contribution in [2.24, 2.45) is 0 Å². The molecule has 8 heavy (non-hydrogen) atoms. The number of aliphatic hydroxyl groups excluding tert-OH is 1. The highest BCUT2D eigenvalue weighted by atomic mass is 16.3. The lowest BCUT2D eigenvalue weighted by Crippen LogP contribution is -1.77. The molecule has 0 heterocycles. The summed E-state index contributed by atoms with van der Waals surface area (Å²) in [5.41, 5.74) is 0.449. The summed E-state index contributed by atoms with van der Waals surface area (Å²) in [5, 5.41) is 8.68. The van der Waals surface area contributed by atoms with Crippen LogP contribution in [0.1, 0.15) is 6.92 Å². The van der Waals surface area contributed by atoms with Gasteiger partial charge in [0.25, 0.3) is 0 Å². The first kappa shape index (κ1) is 6.84. The molecule has 0 saturated carbocycles. The smallest absolute Gasteiger partial charge is 0.105 e. The Balaban J connectivity index is 4.38. The minimum Gasteiger partial charge on any atom is -0.511 e. The van der Waals surface area contributed by atoms with E-state index in [1.54, 1.807) is 0 Å². The van der Waals surface area contributed by atoms with Gasteiger partial charge < -0.3 is 5.11 Å². The van der Waals surface area contributed by atoms with E-state index in [0.717, 1.165) is 0 Å². The topological polar surface area (TPSA) is 20.2 Å². The highest BCUT2D eigenvalue weighted by molar-refractivity contribution is 5.36. The molecule has 0 aliphatic carbocycles. The van der Waals surface area contributed by atoms with E-state index < -0.39 is 0 Å². The van der Waals surface area contributed by atoms with Crippen LogP contribution >= 0.6 is 0 Å². The molecule has 1 heteroatoms. The Bertz CT molecular complexity index is 154. The molecule has 0 aromatic rings. The van der Waals surface area contributed by atoms with Gasteiger partial charge in [-0.1, -0.05) is 18.6 Å². The molecule has 0 saturated heterocycles. The van der Waals surface area contributed by atoms with Crippen molar-refractivity contribution in [3.63, 3.8) is 0 Å². The molecular formula is C7H8O. The SMILES string of the molecule is C#CC(C=C)=C(C)O. The van der Waals surface area contributed by atoms with Crippen LogP contribution in [0.15, 0.2) is 24.0 Å². The fraction of sp³-hybridized carbons (Fsp3) is 0.143. The number of rotatable bonds is 1. The Morgan fingerprint density at radius 3 is 2.38 bits per heavy atom. The van der Waals surface area contributed by atoms with Crippen LogP contribution in [0.2, 0.25) is 0 Å². The van der Waals surface area contributed by atoms with Crippen molar-refractivity contribution in [2.45, 2.75) is 6.92 Å². The zero-order valence-corrected chi connectivity index (χ0v) is 4.81. The zero-order valence-electron chi connectivity index (χ0n) is 4.81. The predicted octanol–water partition coefficient (Wildman–Crippen LogP) is 1.64. The number of hydrogen-bond acceptors (Lipinski definition) is 1. The molecule has 0 spiro atoms. The molecule has 1 N–H and O–H groups in total. The van der Waals surface area contributed by atoms with Gasteiger partial charge in [0.15, 0.2) is 0 Å². The fourth-order valence-corrected chi connectivity index (χ4v) is 0.311. The predicted molar refractivity (Wildman–Crippen MR) is 34.4 cm³/mol.